The second-order valence-electron chi connectivity index (χ2n) is 4.63. The highest BCUT2D eigenvalue weighted by Crippen LogP contribution is 2.23. The van der Waals surface area contributed by atoms with Crippen molar-refractivity contribution in [3.05, 3.63) is 29.8 Å². The van der Waals surface area contributed by atoms with E-state index in [0.717, 1.165) is 24.1 Å². The van der Waals surface area contributed by atoms with E-state index in [-0.39, 0.29) is 5.84 Å². The average Bonchev–Trinajstić information content (AvgIpc) is 2.55. The van der Waals surface area contributed by atoms with Crippen molar-refractivity contribution in [2.75, 3.05) is 37.0 Å². The first-order chi connectivity index (χ1) is 10.3. The number of hydrogen-bond acceptors (Lipinski definition) is 6. The molecule has 1 heterocycles. The number of rotatable bonds is 7. The van der Waals surface area contributed by atoms with Gasteiger partial charge in [-0.05, 0) is 24.3 Å². The highest BCUT2D eigenvalue weighted by Gasteiger charge is 2.13. The summed E-state index contributed by atoms with van der Waals surface area (Å²) in [5.74, 6) is 4.68. The molecule has 0 radical (unpaired) electrons. The van der Waals surface area contributed by atoms with Gasteiger partial charge >= 0.3 is 0 Å². The summed E-state index contributed by atoms with van der Waals surface area (Å²) in [6.45, 7) is 2.51. The number of amidine groups is 1. The fourth-order valence-electron chi connectivity index (χ4n) is 1.94. The van der Waals surface area contributed by atoms with Crippen LogP contribution in [0.3, 0.4) is 0 Å². The maximum atomic E-state index is 8.59. The highest BCUT2D eigenvalue weighted by molar-refractivity contribution is 8.06. The topological polar surface area (TPSA) is 79.9 Å². The van der Waals surface area contributed by atoms with Gasteiger partial charge in [0, 0.05) is 41.2 Å². The molecule has 1 aliphatic rings. The zero-order valence-electron chi connectivity index (χ0n) is 11.8. The van der Waals surface area contributed by atoms with Crippen LogP contribution in [0.5, 0.6) is 5.75 Å². The van der Waals surface area contributed by atoms with Crippen molar-refractivity contribution in [1.29, 1.82) is 0 Å². The summed E-state index contributed by atoms with van der Waals surface area (Å²) < 4.78 is 5.65. The lowest BCUT2D eigenvalue weighted by atomic mass is 10.2. The molecule has 4 N–H and O–H groups in total. The molecule has 1 saturated heterocycles. The number of benzene rings is 1. The Labute approximate surface area is 133 Å². The van der Waals surface area contributed by atoms with Crippen molar-refractivity contribution in [2.45, 2.75) is 5.25 Å². The number of nitrogens with zero attached hydrogens (tertiary/aromatic N) is 1. The summed E-state index contributed by atoms with van der Waals surface area (Å²) in [7, 11) is 0. The van der Waals surface area contributed by atoms with Crippen LogP contribution in [0.2, 0.25) is 0 Å². The third kappa shape index (κ3) is 5.68. The van der Waals surface area contributed by atoms with E-state index in [2.05, 4.69) is 22.2 Å². The summed E-state index contributed by atoms with van der Waals surface area (Å²) in [6, 6.07) is 7.18. The Balaban J connectivity index is 1.62. The number of ether oxygens (including phenoxy) is 1. The number of oxime groups is 1. The van der Waals surface area contributed by atoms with E-state index in [9.17, 15) is 0 Å². The number of nitrogens with one attached hydrogen (secondary N) is 1. The molecule has 0 amide bonds. The summed E-state index contributed by atoms with van der Waals surface area (Å²) >= 11 is 4.10. The largest absolute Gasteiger partial charge is 0.492 e. The Bertz CT molecular complexity index is 448. The first-order valence-corrected chi connectivity index (χ1v) is 9.11. The smallest absolute Gasteiger partial charge is 0.170 e. The van der Waals surface area contributed by atoms with E-state index in [1.54, 1.807) is 12.1 Å². The minimum atomic E-state index is 0.103. The van der Waals surface area contributed by atoms with E-state index < -0.39 is 0 Å². The fourth-order valence-corrected chi connectivity index (χ4v) is 4.58. The zero-order valence-corrected chi connectivity index (χ0v) is 13.5. The van der Waals surface area contributed by atoms with Gasteiger partial charge < -0.3 is 21.0 Å². The van der Waals surface area contributed by atoms with Crippen LogP contribution in [0.25, 0.3) is 0 Å². The summed E-state index contributed by atoms with van der Waals surface area (Å²) in [5, 5.41) is 15.7. The Kier molecular flexibility index (Phi) is 7.05. The van der Waals surface area contributed by atoms with Gasteiger partial charge in [0.05, 0.1) is 0 Å². The van der Waals surface area contributed by atoms with Gasteiger partial charge in [-0.25, -0.2) is 0 Å². The molecular formula is C14H21N3O2S2. The Morgan fingerprint density at radius 3 is 2.86 bits per heavy atom. The van der Waals surface area contributed by atoms with E-state index in [4.69, 9.17) is 15.7 Å². The molecule has 1 aliphatic heterocycles. The molecule has 5 nitrogen and oxygen atoms in total. The van der Waals surface area contributed by atoms with Gasteiger partial charge in [0.15, 0.2) is 5.84 Å². The van der Waals surface area contributed by atoms with Gasteiger partial charge in [0.1, 0.15) is 12.4 Å². The summed E-state index contributed by atoms with van der Waals surface area (Å²) in [4.78, 5) is 0. The zero-order chi connectivity index (χ0) is 14.9. The molecule has 21 heavy (non-hydrogen) atoms. The molecule has 1 atom stereocenters. The number of hydrogen-bond donors (Lipinski definition) is 3. The molecule has 7 heteroatoms. The van der Waals surface area contributed by atoms with Gasteiger partial charge in [-0.3, -0.25) is 0 Å². The van der Waals surface area contributed by atoms with Gasteiger partial charge in [-0.2, -0.15) is 23.5 Å². The van der Waals surface area contributed by atoms with Crippen LogP contribution in [0, 0.1) is 0 Å². The molecule has 2 rings (SSSR count). The lowest BCUT2D eigenvalue weighted by Crippen LogP contribution is -2.31. The highest BCUT2D eigenvalue weighted by atomic mass is 32.2. The molecular weight excluding hydrogens is 306 g/mol. The Hall–Kier alpha value is -1.05. The number of nitrogens with two attached hydrogens (primary N) is 1. The predicted octanol–water partition coefficient (Wildman–Crippen LogP) is 1.60. The quantitative estimate of drug-likeness (QED) is 0.232. The standard InChI is InChI=1S/C14H21N3O2S2/c15-14(17-18)11-1-3-12(4-2-11)19-6-5-16-9-13-10-20-7-8-21-13/h1-4,13,16,18H,5-10H2,(H2,15,17). The molecule has 0 aromatic heterocycles. The second-order valence-corrected chi connectivity index (χ2v) is 7.19. The SMILES string of the molecule is N/C(=N/O)c1ccc(OCCNCC2CSCCS2)cc1. The van der Waals surface area contributed by atoms with Crippen molar-refractivity contribution < 1.29 is 9.94 Å². The second kappa shape index (κ2) is 9.07. The molecule has 0 spiro atoms. The van der Waals surface area contributed by atoms with Crippen LogP contribution < -0.4 is 15.8 Å². The molecule has 0 saturated carbocycles. The maximum absolute atomic E-state index is 8.59. The van der Waals surface area contributed by atoms with E-state index >= 15 is 0 Å². The molecule has 0 aliphatic carbocycles. The predicted molar refractivity (Wildman–Crippen MR) is 90.9 cm³/mol. The van der Waals surface area contributed by atoms with Crippen LogP contribution in [-0.4, -0.2) is 53.2 Å². The molecule has 1 unspecified atom stereocenters. The Morgan fingerprint density at radius 2 is 2.19 bits per heavy atom. The third-order valence-corrected chi connectivity index (χ3v) is 5.91. The van der Waals surface area contributed by atoms with Crippen LogP contribution in [0.1, 0.15) is 5.56 Å². The van der Waals surface area contributed by atoms with Crippen molar-refractivity contribution in [3.8, 4) is 5.75 Å². The van der Waals surface area contributed by atoms with Crippen molar-refractivity contribution >= 4 is 29.4 Å². The number of thioether (sulfide) groups is 2. The van der Waals surface area contributed by atoms with Crippen molar-refractivity contribution in [1.82, 2.24) is 5.32 Å². The first-order valence-electron chi connectivity index (χ1n) is 6.90. The van der Waals surface area contributed by atoms with Crippen LogP contribution in [0.4, 0.5) is 0 Å². The minimum absolute atomic E-state index is 0.103. The molecule has 116 valence electrons. The molecule has 0 bridgehead atoms. The van der Waals surface area contributed by atoms with E-state index in [1.165, 1.54) is 17.3 Å². The average molecular weight is 327 g/mol. The fraction of sp³-hybridized carbons (Fsp3) is 0.500. The van der Waals surface area contributed by atoms with Gasteiger partial charge in [0.2, 0.25) is 0 Å². The van der Waals surface area contributed by atoms with Gasteiger partial charge in [-0.15, -0.1) is 0 Å². The lowest BCUT2D eigenvalue weighted by molar-refractivity contribution is 0.314. The third-order valence-electron chi connectivity index (χ3n) is 3.06. The molecule has 1 fully saturated rings. The van der Waals surface area contributed by atoms with Crippen LogP contribution in [-0.2, 0) is 0 Å². The summed E-state index contributed by atoms with van der Waals surface area (Å²) in [5.41, 5.74) is 6.18. The molecule has 1 aromatic rings. The molecule has 1 aromatic carbocycles. The lowest BCUT2D eigenvalue weighted by Gasteiger charge is -2.21. The van der Waals surface area contributed by atoms with Gasteiger partial charge in [-0.1, -0.05) is 5.16 Å². The van der Waals surface area contributed by atoms with E-state index in [1.807, 2.05) is 23.9 Å². The van der Waals surface area contributed by atoms with E-state index in [0.29, 0.717) is 12.2 Å². The first kappa shape index (κ1) is 16.3. The minimum Gasteiger partial charge on any atom is -0.492 e. The van der Waals surface area contributed by atoms with Crippen molar-refractivity contribution in [3.63, 3.8) is 0 Å². The van der Waals surface area contributed by atoms with Gasteiger partial charge in [0.25, 0.3) is 0 Å². The normalized spacial score (nSPS) is 19.4. The van der Waals surface area contributed by atoms with Crippen LogP contribution in [0.15, 0.2) is 29.4 Å². The van der Waals surface area contributed by atoms with Crippen LogP contribution >= 0.6 is 23.5 Å². The Morgan fingerprint density at radius 1 is 1.38 bits per heavy atom. The maximum Gasteiger partial charge on any atom is 0.170 e. The van der Waals surface area contributed by atoms with Crippen molar-refractivity contribution in [2.24, 2.45) is 10.9 Å². The monoisotopic (exact) mass is 327 g/mol. The summed E-state index contributed by atoms with van der Waals surface area (Å²) in [6.07, 6.45) is 0.